The van der Waals surface area contributed by atoms with E-state index in [4.69, 9.17) is 22.1 Å². The third-order valence-electron chi connectivity index (χ3n) is 4.66. The van der Waals surface area contributed by atoms with E-state index < -0.39 is 0 Å². The lowest BCUT2D eigenvalue weighted by atomic mass is 9.60. The number of hydrogen-bond donors (Lipinski definition) is 1. The first kappa shape index (κ1) is 15.7. The summed E-state index contributed by atoms with van der Waals surface area (Å²) >= 11 is 6.21. The lowest BCUT2D eigenvalue weighted by molar-refractivity contribution is 0.0759. The van der Waals surface area contributed by atoms with Crippen LogP contribution in [0.2, 0.25) is 5.02 Å². The molecule has 0 spiro atoms. The van der Waals surface area contributed by atoms with Gasteiger partial charge in [0.25, 0.3) is 0 Å². The Labute approximate surface area is 127 Å². The van der Waals surface area contributed by atoms with Crippen LogP contribution < -0.4 is 10.5 Å². The molecular weight excluding hydrogens is 270 g/mol. The minimum atomic E-state index is -0.354. The van der Waals surface area contributed by atoms with Crippen LogP contribution in [0, 0.1) is 11.3 Å². The predicted molar refractivity (Wildman–Crippen MR) is 85.3 cm³/mol. The lowest BCUT2D eigenvalue weighted by Gasteiger charge is -2.48. The zero-order chi connectivity index (χ0) is 15.0. The molecule has 3 heteroatoms. The van der Waals surface area contributed by atoms with Crippen LogP contribution in [-0.4, -0.2) is 7.11 Å². The number of methoxy groups -OCH3 is 1. The Kier molecular flexibility index (Phi) is 4.36. The van der Waals surface area contributed by atoms with Gasteiger partial charge < -0.3 is 10.5 Å². The molecule has 0 saturated heterocycles. The molecule has 20 heavy (non-hydrogen) atoms. The van der Waals surface area contributed by atoms with Gasteiger partial charge in [-0.25, -0.2) is 0 Å². The van der Waals surface area contributed by atoms with Gasteiger partial charge in [-0.2, -0.15) is 0 Å². The second-order valence-corrected chi connectivity index (χ2v) is 7.49. The highest BCUT2D eigenvalue weighted by Gasteiger charge is 2.45. The summed E-state index contributed by atoms with van der Waals surface area (Å²) < 4.78 is 5.54. The van der Waals surface area contributed by atoms with Crippen molar-refractivity contribution in [2.24, 2.45) is 17.1 Å². The van der Waals surface area contributed by atoms with Crippen LogP contribution in [-0.2, 0) is 5.54 Å². The van der Waals surface area contributed by atoms with E-state index in [-0.39, 0.29) is 11.0 Å². The molecule has 2 atom stereocenters. The molecule has 1 aliphatic carbocycles. The summed E-state index contributed by atoms with van der Waals surface area (Å²) in [6.45, 7) is 6.84. The minimum absolute atomic E-state index is 0.169. The van der Waals surface area contributed by atoms with Crippen molar-refractivity contribution in [1.82, 2.24) is 0 Å². The van der Waals surface area contributed by atoms with Crippen molar-refractivity contribution in [1.29, 1.82) is 0 Å². The molecule has 2 N–H and O–H groups in total. The summed E-state index contributed by atoms with van der Waals surface area (Å²) in [6.07, 6.45) is 4.57. The van der Waals surface area contributed by atoms with Crippen LogP contribution in [0.1, 0.15) is 52.0 Å². The van der Waals surface area contributed by atoms with Crippen molar-refractivity contribution < 1.29 is 4.74 Å². The van der Waals surface area contributed by atoms with Gasteiger partial charge >= 0.3 is 0 Å². The summed E-state index contributed by atoms with van der Waals surface area (Å²) in [7, 11) is 1.70. The van der Waals surface area contributed by atoms with Crippen molar-refractivity contribution in [3.05, 3.63) is 28.8 Å². The first-order valence-corrected chi connectivity index (χ1v) is 7.80. The summed E-state index contributed by atoms with van der Waals surface area (Å²) in [4.78, 5) is 0. The van der Waals surface area contributed by atoms with Crippen LogP contribution in [0.25, 0.3) is 0 Å². The van der Waals surface area contributed by atoms with Crippen LogP contribution in [0.4, 0.5) is 0 Å². The number of nitrogens with two attached hydrogens (primary N) is 1. The van der Waals surface area contributed by atoms with Gasteiger partial charge in [-0.05, 0) is 42.4 Å². The van der Waals surface area contributed by atoms with Gasteiger partial charge in [-0.1, -0.05) is 45.2 Å². The Morgan fingerprint density at radius 3 is 2.60 bits per heavy atom. The first-order chi connectivity index (χ1) is 9.29. The van der Waals surface area contributed by atoms with E-state index in [2.05, 4.69) is 20.8 Å². The molecule has 0 aliphatic heterocycles. The molecule has 0 heterocycles. The molecule has 0 bridgehead atoms. The molecule has 1 saturated carbocycles. The van der Waals surface area contributed by atoms with E-state index in [0.717, 1.165) is 29.2 Å². The van der Waals surface area contributed by atoms with Gasteiger partial charge in [0.1, 0.15) is 5.75 Å². The zero-order valence-corrected chi connectivity index (χ0v) is 13.8. The van der Waals surface area contributed by atoms with E-state index in [1.165, 1.54) is 12.8 Å². The topological polar surface area (TPSA) is 35.2 Å². The zero-order valence-electron chi connectivity index (χ0n) is 13.0. The maximum atomic E-state index is 6.92. The van der Waals surface area contributed by atoms with Crippen molar-refractivity contribution in [2.45, 2.75) is 52.0 Å². The van der Waals surface area contributed by atoms with Crippen LogP contribution in [0.15, 0.2) is 18.2 Å². The highest BCUT2D eigenvalue weighted by atomic mass is 35.5. The molecule has 112 valence electrons. The van der Waals surface area contributed by atoms with Gasteiger partial charge in [0.05, 0.1) is 7.11 Å². The normalized spacial score (nSPS) is 27.4. The fourth-order valence-electron chi connectivity index (χ4n) is 3.77. The average molecular weight is 296 g/mol. The molecule has 2 rings (SSSR count). The van der Waals surface area contributed by atoms with Crippen molar-refractivity contribution in [3.63, 3.8) is 0 Å². The van der Waals surface area contributed by atoms with Gasteiger partial charge in [0, 0.05) is 16.1 Å². The summed E-state index contributed by atoms with van der Waals surface area (Å²) in [5.74, 6) is 1.28. The Balaban J connectivity index is 2.53. The largest absolute Gasteiger partial charge is 0.496 e. The molecule has 0 amide bonds. The average Bonchev–Trinajstić information content (AvgIpc) is 2.38. The highest BCUT2D eigenvalue weighted by Crippen LogP contribution is 2.50. The molecule has 0 radical (unpaired) electrons. The summed E-state index contributed by atoms with van der Waals surface area (Å²) in [6, 6.07) is 5.78. The Hall–Kier alpha value is -0.730. The number of halogens is 1. The lowest BCUT2D eigenvalue weighted by Crippen LogP contribution is -2.51. The quantitative estimate of drug-likeness (QED) is 0.855. The second kappa shape index (κ2) is 5.57. The van der Waals surface area contributed by atoms with Crippen LogP contribution in [0.3, 0.4) is 0 Å². The molecule has 0 aromatic heterocycles. The van der Waals surface area contributed by atoms with Crippen molar-refractivity contribution in [3.8, 4) is 5.75 Å². The Bertz CT molecular complexity index is 480. The van der Waals surface area contributed by atoms with Gasteiger partial charge in [0.15, 0.2) is 0 Å². The number of rotatable bonds is 2. The van der Waals surface area contributed by atoms with Crippen LogP contribution >= 0.6 is 11.6 Å². The molecule has 2 unspecified atom stereocenters. The number of ether oxygens (including phenoxy) is 1. The second-order valence-electron chi connectivity index (χ2n) is 7.05. The smallest absolute Gasteiger partial charge is 0.124 e. The minimum Gasteiger partial charge on any atom is -0.496 e. The SMILES string of the molecule is COc1ccc(Cl)cc1C1(N)CCCCC1C(C)(C)C. The maximum absolute atomic E-state index is 6.92. The standard InChI is InChI=1S/C17H26ClNO/c1-16(2,3)15-7-5-6-10-17(15,19)13-11-12(18)8-9-14(13)20-4/h8-9,11,15H,5-7,10,19H2,1-4H3. The van der Waals surface area contributed by atoms with E-state index >= 15 is 0 Å². The van der Waals surface area contributed by atoms with E-state index in [1.807, 2.05) is 18.2 Å². The van der Waals surface area contributed by atoms with Crippen molar-refractivity contribution in [2.75, 3.05) is 7.11 Å². The maximum Gasteiger partial charge on any atom is 0.124 e. The third kappa shape index (κ3) is 2.82. The molecule has 1 aliphatic rings. The summed E-state index contributed by atoms with van der Waals surface area (Å²) in [5.41, 5.74) is 7.79. The molecule has 1 aromatic carbocycles. The highest BCUT2D eigenvalue weighted by molar-refractivity contribution is 6.30. The van der Waals surface area contributed by atoms with Gasteiger partial charge in [0.2, 0.25) is 0 Å². The number of benzene rings is 1. The Morgan fingerprint density at radius 2 is 2.00 bits per heavy atom. The van der Waals surface area contributed by atoms with Gasteiger partial charge in [-0.3, -0.25) is 0 Å². The number of hydrogen-bond acceptors (Lipinski definition) is 2. The van der Waals surface area contributed by atoms with Crippen molar-refractivity contribution >= 4 is 11.6 Å². The molecule has 2 nitrogen and oxygen atoms in total. The first-order valence-electron chi connectivity index (χ1n) is 7.42. The Morgan fingerprint density at radius 1 is 1.30 bits per heavy atom. The van der Waals surface area contributed by atoms with E-state index in [0.29, 0.717) is 5.92 Å². The van der Waals surface area contributed by atoms with Gasteiger partial charge in [-0.15, -0.1) is 0 Å². The summed E-state index contributed by atoms with van der Waals surface area (Å²) in [5, 5.41) is 0.726. The fourth-order valence-corrected chi connectivity index (χ4v) is 3.94. The molecular formula is C17H26ClNO. The predicted octanol–water partition coefficient (Wildman–Crippen LogP) is 4.74. The third-order valence-corrected chi connectivity index (χ3v) is 4.90. The van der Waals surface area contributed by atoms with Crippen LogP contribution in [0.5, 0.6) is 5.75 Å². The molecule has 1 fully saturated rings. The van der Waals surface area contributed by atoms with E-state index in [9.17, 15) is 0 Å². The monoisotopic (exact) mass is 295 g/mol. The fraction of sp³-hybridized carbons (Fsp3) is 0.647. The molecule has 1 aromatic rings. The van der Waals surface area contributed by atoms with E-state index in [1.54, 1.807) is 7.11 Å².